The average Bonchev–Trinajstić information content (AvgIpc) is 2.81. The molecule has 2 heterocycles. The molecule has 0 saturated heterocycles. The van der Waals surface area contributed by atoms with E-state index in [1.54, 1.807) is 48.9 Å². The number of rotatable bonds is 7. The third-order valence-electron chi connectivity index (χ3n) is 5.53. The summed E-state index contributed by atoms with van der Waals surface area (Å²) in [5.41, 5.74) is 9.05. The zero-order valence-corrected chi connectivity index (χ0v) is 18.5. The number of carbonyl (C=O) groups is 1. The number of phenolic OH excluding ortho intramolecular Hbond substituents is 1. The Bertz CT molecular complexity index is 1350. The van der Waals surface area contributed by atoms with Crippen LogP contribution in [0.3, 0.4) is 0 Å². The normalized spacial score (nSPS) is 12.1. The molecule has 0 aliphatic heterocycles. The monoisotopic (exact) mass is 442 g/mol. The second kappa shape index (κ2) is 9.16. The first kappa shape index (κ1) is 22.1. The van der Waals surface area contributed by atoms with Crippen LogP contribution in [0.4, 0.5) is 5.69 Å². The van der Waals surface area contributed by atoms with Crippen LogP contribution in [0.25, 0.3) is 27.7 Å². The predicted molar refractivity (Wildman–Crippen MR) is 131 cm³/mol. The summed E-state index contributed by atoms with van der Waals surface area (Å²) >= 11 is 0. The van der Waals surface area contributed by atoms with Crippen molar-refractivity contribution in [3.8, 4) is 22.6 Å². The van der Waals surface area contributed by atoms with Crippen molar-refractivity contribution in [2.45, 2.75) is 26.3 Å². The molecule has 1 atom stereocenters. The topological polar surface area (TPSA) is 110 Å². The molecule has 0 spiro atoms. The molecule has 0 aliphatic rings. The lowest BCUT2D eigenvalue weighted by molar-refractivity contribution is -0.119. The van der Waals surface area contributed by atoms with Crippen LogP contribution in [0.2, 0.25) is 0 Å². The van der Waals surface area contributed by atoms with Gasteiger partial charge in [-0.1, -0.05) is 19.9 Å². The molecule has 0 fully saturated rings. The van der Waals surface area contributed by atoms with E-state index < -0.39 is 11.9 Å². The predicted octanol–water partition coefficient (Wildman–Crippen LogP) is 4.07. The van der Waals surface area contributed by atoms with Crippen molar-refractivity contribution in [3.05, 3.63) is 83.4 Å². The Kier molecular flexibility index (Phi) is 6.13. The van der Waals surface area contributed by atoms with E-state index >= 15 is 0 Å². The number of primary amides is 1. The fraction of sp³-hybridized carbons (Fsp3) is 0.192. The zero-order valence-electron chi connectivity index (χ0n) is 18.5. The van der Waals surface area contributed by atoms with E-state index in [2.05, 4.69) is 10.3 Å². The summed E-state index contributed by atoms with van der Waals surface area (Å²) in [5.74, 6) is -0.143. The summed E-state index contributed by atoms with van der Waals surface area (Å²) in [4.78, 5) is 29.5. The number of benzene rings is 2. The van der Waals surface area contributed by atoms with Gasteiger partial charge < -0.3 is 20.7 Å². The molecule has 0 radical (unpaired) electrons. The molecule has 33 heavy (non-hydrogen) atoms. The molecule has 168 valence electrons. The lowest BCUT2D eigenvalue weighted by Crippen LogP contribution is -2.38. The van der Waals surface area contributed by atoms with Gasteiger partial charge in [-0.2, -0.15) is 0 Å². The zero-order chi connectivity index (χ0) is 23.5. The Morgan fingerprint density at radius 3 is 2.39 bits per heavy atom. The second-order valence-corrected chi connectivity index (χ2v) is 8.45. The van der Waals surface area contributed by atoms with Gasteiger partial charge >= 0.3 is 0 Å². The van der Waals surface area contributed by atoms with Crippen LogP contribution in [0.15, 0.2) is 78.0 Å². The minimum absolute atomic E-state index is 0.144. The summed E-state index contributed by atoms with van der Waals surface area (Å²) in [6, 6.07) is 15.5. The van der Waals surface area contributed by atoms with Crippen molar-refractivity contribution >= 4 is 22.5 Å². The van der Waals surface area contributed by atoms with Gasteiger partial charge in [-0.15, -0.1) is 0 Å². The van der Waals surface area contributed by atoms with Gasteiger partial charge in [-0.25, -0.2) is 0 Å². The molecule has 7 heteroatoms. The van der Waals surface area contributed by atoms with Crippen molar-refractivity contribution in [1.82, 2.24) is 9.55 Å². The number of amides is 1. The number of hydrogen-bond acceptors (Lipinski definition) is 5. The number of nitrogens with two attached hydrogens (primary N) is 1. The molecular formula is C26H26N4O3. The molecule has 4 N–H and O–H groups in total. The van der Waals surface area contributed by atoms with Crippen LogP contribution in [-0.2, 0) is 4.79 Å². The summed E-state index contributed by atoms with van der Waals surface area (Å²) in [5, 5.41) is 13.3. The van der Waals surface area contributed by atoms with Gasteiger partial charge in [-0.05, 0) is 72.0 Å². The maximum absolute atomic E-state index is 13.4. The van der Waals surface area contributed by atoms with Gasteiger partial charge in [0.25, 0.3) is 0 Å². The summed E-state index contributed by atoms with van der Waals surface area (Å²) < 4.78 is 1.87. The van der Waals surface area contributed by atoms with Crippen LogP contribution < -0.4 is 16.5 Å². The number of aromatic nitrogens is 2. The van der Waals surface area contributed by atoms with E-state index in [-0.39, 0.29) is 22.8 Å². The number of phenols is 1. The quantitative estimate of drug-likeness (QED) is 0.400. The molecule has 0 bridgehead atoms. The number of anilines is 1. The first-order chi connectivity index (χ1) is 15.8. The first-order valence-electron chi connectivity index (χ1n) is 10.8. The van der Waals surface area contributed by atoms with Crippen LogP contribution in [0.5, 0.6) is 5.75 Å². The summed E-state index contributed by atoms with van der Waals surface area (Å²) in [6.45, 7) is 3.99. The lowest BCUT2D eigenvalue weighted by atomic mass is 10.0. The Morgan fingerprint density at radius 1 is 1.06 bits per heavy atom. The Labute approximate surface area is 191 Å². The van der Waals surface area contributed by atoms with E-state index in [1.807, 2.05) is 42.7 Å². The highest BCUT2D eigenvalue weighted by molar-refractivity contribution is 5.89. The van der Waals surface area contributed by atoms with E-state index in [0.29, 0.717) is 17.3 Å². The summed E-state index contributed by atoms with van der Waals surface area (Å²) in [7, 11) is 0. The van der Waals surface area contributed by atoms with E-state index in [1.165, 1.54) is 0 Å². The molecule has 2 aromatic heterocycles. The number of fused-ring (bicyclic) bond motifs is 1. The highest BCUT2D eigenvalue weighted by Gasteiger charge is 2.20. The highest BCUT2D eigenvalue weighted by atomic mass is 16.3. The smallest absolute Gasteiger partial charge is 0.239 e. The standard InChI is InChI=1S/C26H26N4O3/c1-16(2)13-22(26(27)33)29-23-15-30(19-4-6-20(31)7-5-19)24-14-18(3-8-21(24)25(23)32)17-9-11-28-12-10-17/h3-12,14-16,22,29,31H,13H2,1-2H3,(H2,27,33)/t22-/m0/s1. The van der Waals surface area contributed by atoms with Gasteiger partial charge in [0.2, 0.25) is 11.3 Å². The summed E-state index contributed by atoms with van der Waals surface area (Å²) in [6.07, 6.45) is 5.63. The molecule has 0 saturated carbocycles. The van der Waals surface area contributed by atoms with Crippen molar-refractivity contribution in [1.29, 1.82) is 0 Å². The first-order valence-corrected chi connectivity index (χ1v) is 10.8. The Morgan fingerprint density at radius 2 is 1.76 bits per heavy atom. The number of nitrogens with zero attached hydrogens (tertiary/aromatic N) is 2. The Hall–Kier alpha value is -4.13. The Balaban J connectivity index is 1.92. The molecule has 1 amide bonds. The SMILES string of the molecule is CC(C)C[C@H](Nc1cn(-c2ccc(O)cc2)c2cc(-c3ccncc3)ccc2c1=O)C(N)=O. The fourth-order valence-electron chi connectivity index (χ4n) is 3.88. The number of aromatic hydroxyl groups is 1. The van der Waals surface area contributed by atoms with Gasteiger partial charge in [0, 0.05) is 29.7 Å². The molecule has 2 aromatic carbocycles. The van der Waals surface area contributed by atoms with Crippen molar-refractivity contribution in [3.63, 3.8) is 0 Å². The van der Waals surface area contributed by atoms with Crippen LogP contribution in [0.1, 0.15) is 20.3 Å². The lowest BCUT2D eigenvalue weighted by Gasteiger charge is -2.20. The molecule has 4 rings (SSSR count). The van der Waals surface area contributed by atoms with Gasteiger partial charge in [0.1, 0.15) is 17.5 Å². The van der Waals surface area contributed by atoms with Crippen LogP contribution >= 0.6 is 0 Å². The van der Waals surface area contributed by atoms with E-state index in [0.717, 1.165) is 16.8 Å². The van der Waals surface area contributed by atoms with E-state index in [4.69, 9.17) is 5.73 Å². The van der Waals surface area contributed by atoms with Gasteiger partial charge in [0.05, 0.1) is 5.52 Å². The number of hydrogen-bond donors (Lipinski definition) is 3. The maximum atomic E-state index is 13.4. The third kappa shape index (κ3) is 4.72. The third-order valence-corrected chi connectivity index (χ3v) is 5.53. The molecule has 7 nitrogen and oxygen atoms in total. The average molecular weight is 443 g/mol. The van der Waals surface area contributed by atoms with Crippen LogP contribution in [0, 0.1) is 5.92 Å². The number of nitrogens with one attached hydrogen (secondary N) is 1. The van der Waals surface area contributed by atoms with Crippen molar-refractivity contribution in [2.75, 3.05) is 5.32 Å². The van der Waals surface area contributed by atoms with Crippen molar-refractivity contribution < 1.29 is 9.90 Å². The molecule has 0 aliphatic carbocycles. The minimum atomic E-state index is -0.667. The highest BCUT2D eigenvalue weighted by Crippen LogP contribution is 2.27. The van der Waals surface area contributed by atoms with Crippen LogP contribution in [-0.4, -0.2) is 26.6 Å². The molecule has 4 aromatic rings. The molecular weight excluding hydrogens is 416 g/mol. The largest absolute Gasteiger partial charge is 0.508 e. The van der Waals surface area contributed by atoms with Gasteiger partial charge in [-0.3, -0.25) is 14.6 Å². The minimum Gasteiger partial charge on any atom is -0.508 e. The fourth-order valence-corrected chi connectivity index (χ4v) is 3.88. The number of carbonyl (C=O) groups excluding carboxylic acids is 1. The van der Waals surface area contributed by atoms with Crippen molar-refractivity contribution in [2.24, 2.45) is 11.7 Å². The van der Waals surface area contributed by atoms with Gasteiger partial charge in [0.15, 0.2) is 0 Å². The molecule has 0 unspecified atom stereocenters. The second-order valence-electron chi connectivity index (χ2n) is 8.45. The number of pyridine rings is 2. The maximum Gasteiger partial charge on any atom is 0.239 e. The van der Waals surface area contributed by atoms with E-state index in [9.17, 15) is 14.7 Å².